The lowest BCUT2D eigenvalue weighted by Gasteiger charge is -2.07. The second-order valence-corrected chi connectivity index (χ2v) is 4.15. The van der Waals surface area contributed by atoms with Gasteiger partial charge < -0.3 is 10.1 Å². The van der Waals surface area contributed by atoms with E-state index in [0.717, 1.165) is 10.9 Å². The Morgan fingerprint density at radius 3 is 2.93 bits per heavy atom. The Morgan fingerprint density at radius 2 is 2.27 bits per heavy atom. The fourth-order valence-electron chi connectivity index (χ4n) is 1.28. The van der Waals surface area contributed by atoms with Crippen molar-refractivity contribution in [3.8, 4) is 0 Å². The van der Waals surface area contributed by atoms with Crippen LogP contribution in [0.2, 0.25) is 0 Å². The molecular weight excluding hydrogens is 258 g/mol. The van der Waals surface area contributed by atoms with Crippen LogP contribution in [-0.4, -0.2) is 19.7 Å². The van der Waals surface area contributed by atoms with Crippen LogP contribution < -0.4 is 5.32 Å². The SMILES string of the molecule is COC(=O)NCCc1cc(Br)ccc1C. The molecule has 0 saturated heterocycles. The van der Waals surface area contributed by atoms with Crippen LogP contribution >= 0.6 is 15.9 Å². The summed E-state index contributed by atoms with van der Waals surface area (Å²) in [6, 6.07) is 6.12. The molecule has 0 saturated carbocycles. The second kappa shape index (κ2) is 5.75. The quantitative estimate of drug-likeness (QED) is 0.918. The molecule has 0 fully saturated rings. The van der Waals surface area contributed by atoms with Gasteiger partial charge in [0.15, 0.2) is 0 Å². The topological polar surface area (TPSA) is 38.3 Å². The van der Waals surface area contributed by atoms with Gasteiger partial charge in [-0.25, -0.2) is 4.79 Å². The Morgan fingerprint density at radius 1 is 1.53 bits per heavy atom. The molecule has 0 aromatic heterocycles. The molecule has 0 bridgehead atoms. The molecule has 3 nitrogen and oxygen atoms in total. The summed E-state index contributed by atoms with van der Waals surface area (Å²) in [6.07, 6.45) is 0.419. The maximum Gasteiger partial charge on any atom is 0.406 e. The van der Waals surface area contributed by atoms with Crippen molar-refractivity contribution in [3.05, 3.63) is 33.8 Å². The molecule has 0 spiro atoms. The summed E-state index contributed by atoms with van der Waals surface area (Å²) >= 11 is 3.42. The number of benzene rings is 1. The van der Waals surface area contributed by atoms with E-state index in [0.29, 0.717) is 6.54 Å². The van der Waals surface area contributed by atoms with Crippen LogP contribution in [0.5, 0.6) is 0 Å². The van der Waals surface area contributed by atoms with Gasteiger partial charge >= 0.3 is 6.09 Å². The molecule has 1 aromatic rings. The number of nitrogens with one attached hydrogen (secondary N) is 1. The molecule has 0 radical (unpaired) electrons. The Hall–Kier alpha value is -1.03. The molecular formula is C11H14BrNO2. The molecule has 1 amide bonds. The van der Waals surface area contributed by atoms with E-state index < -0.39 is 0 Å². The number of carbonyl (C=O) groups is 1. The fraction of sp³-hybridized carbons (Fsp3) is 0.364. The monoisotopic (exact) mass is 271 g/mol. The largest absolute Gasteiger partial charge is 0.453 e. The van der Waals surface area contributed by atoms with Gasteiger partial charge in [0.2, 0.25) is 0 Å². The van der Waals surface area contributed by atoms with Gasteiger partial charge in [-0.1, -0.05) is 22.0 Å². The van der Waals surface area contributed by atoms with Crippen molar-refractivity contribution in [1.29, 1.82) is 0 Å². The number of alkyl carbamates (subject to hydrolysis) is 1. The number of ether oxygens (including phenoxy) is 1. The molecule has 1 rings (SSSR count). The third kappa shape index (κ3) is 3.91. The molecule has 0 atom stereocenters. The zero-order valence-electron chi connectivity index (χ0n) is 8.84. The molecule has 0 heterocycles. The van der Waals surface area contributed by atoms with Crippen LogP contribution in [0.3, 0.4) is 0 Å². The predicted octanol–water partition coefficient (Wildman–Crippen LogP) is 2.66. The van der Waals surface area contributed by atoms with Gasteiger partial charge in [-0.2, -0.15) is 0 Å². The third-order valence-corrected chi connectivity index (χ3v) is 2.65. The summed E-state index contributed by atoms with van der Waals surface area (Å²) in [5.41, 5.74) is 2.45. The normalized spacial score (nSPS) is 9.80. The average molecular weight is 272 g/mol. The number of amides is 1. The van der Waals surface area contributed by atoms with Crippen LogP contribution in [0.4, 0.5) is 4.79 Å². The van der Waals surface area contributed by atoms with E-state index in [-0.39, 0.29) is 6.09 Å². The highest BCUT2D eigenvalue weighted by molar-refractivity contribution is 9.10. The number of hydrogen-bond acceptors (Lipinski definition) is 2. The number of hydrogen-bond donors (Lipinski definition) is 1. The van der Waals surface area contributed by atoms with E-state index in [1.807, 2.05) is 6.07 Å². The van der Waals surface area contributed by atoms with Crippen LogP contribution in [-0.2, 0) is 11.2 Å². The molecule has 4 heteroatoms. The summed E-state index contributed by atoms with van der Waals surface area (Å²) < 4.78 is 5.54. The first-order chi connectivity index (χ1) is 7.13. The standard InChI is InChI=1S/C11H14BrNO2/c1-8-3-4-10(12)7-9(8)5-6-13-11(14)15-2/h3-4,7H,5-6H2,1-2H3,(H,13,14). The summed E-state index contributed by atoms with van der Waals surface area (Å²) in [7, 11) is 1.36. The lowest BCUT2D eigenvalue weighted by atomic mass is 10.1. The number of halogens is 1. The van der Waals surface area contributed by atoms with E-state index in [2.05, 4.69) is 45.0 Å². The molecule has 82 valence electrons. The highest BCUT2D eigenvalue weighted by Gasteiger charge is 2.01. The fourth-order valence-corrected chi connectivity index (χ4v) is 1.69. The van der Waals surface area contributed by atoms with Crippen molar-refractivity contribution in [3.63, 3.8) is 0 Å². The van der Waals surface area contributed by atoms with E-state index in [1.54, 1.807) is 0 Å². The molecule has 0 aliphatic heterocycles. The van der Waals surface area contributed by atoms with E-state index >= 15 is 0 Å². The summed E-state index contributed by atoms with van der Waals surface area (Å²) in [5, 5.41) is 2.65. The van der Waals surface area contributed by atoms with Crippen LogP contribution in [0.1, 0.15) is 11.1 Å². The smallest absolute Gasteiger partial charge is 0.406 e. The first-order valence-electron chi connectivity index (χ1n) is 4.70. The van der Waals surface area contributed by atoms with Gasteiger partial charge in [0.25, 0.3) is 0 Å². The third-order valence-electron chi connectivity index (χ3n) is 2.16. The van der Waals surface area contributed by atoms with E-state index in [4.69, 9.17) is 0 Å². The molecule has 1 N–H and O–H groups in total. The van der Waals surface area contributed by atoms with Crippen molar-refractivity contribution in [2.75, 3.05) is 13.7 Å². The highest BCUT2D eigenvalue weighted by atomic mass is 79.9. The molecule has 0 aliphatic rings. The number of aryl methyl sites for hydroxylation is 1. The van der Waals surface area contributed by atoms with Crippen LogP contribution in [0.25, 0.3) is 0 Å². The maximum atomic E-state index is 10.8. The predicted molar refractivity (Wildman–Crippen MR) is 63.0 cm³/mol. The Labute approximate surface area is 97.9 Å². The summed E-state index contributed by atoms with van der Waals surface area (Å²) in [6.45, 7) is 2.64. The zero-order valence-corrected chi connectivity index (χ0v) is 10.4. The number of methoxy groups -OCH3 is 1. The van der Waals surface area contributed by atoms with Gasteiger partial charge in [-0.15, -0.1) is 0 Å². The first kappa shape index (κ1) is 12.0. The number of carbonyl (C=O) groups excluding carboxylic acids is 1. The van der Waals surface area contributed by atoms with Crippen molar-refractivity contribution in [2.45, 2.75) is 13.3 Å². The lowest BCUT2D eigenvalue weighted by molar-refractivity contribution is 0.171. The van der Waals surface area contributed by atoms with Crippen molar-refractivity contribution in [1.82, 2.24) is 5.32 Å². The highest BCUT2D eigenvalue weighted by Crippen LogP contribution is 2.16. The van der Waals surface area contributed by atoms with Crippen LogP contribution in [0.15, 0.2) is 22.7 Å². The number of rotatable bonds is 3. The maximum absolute atomic E-state index is 10.8. The van der Waals surface area contributed by atoms with Gasteiger partial charge in [-0.3, -0.25) is 0 Å². The first-order valence-corrected chi connectivity index (χ1v) is 5.49. The van der Waals surface area contributed by atoms with Gasteiger partial charge in [-0.05, 0) is 36.6 Å². The average Bonchev–Trinajstić information content (AvgIpc) is 2.23. The van der Waals surface area contributed by atoms with Crippen LogP contribution in [0, 0.1) is 6.92 Å². The molecule has 0 aliphatic carbocycles. The van der Waals surface area contributed by atoms with Crippen molar-refractivity contribution in [2.24, 2.45) is 0 Å². The Bertz CT molecular complexity index is 352. The van der Waals surface area contributed by atoms with E-state index in [9.17, 15) is 4.79 Å². The van der Waals surface area contributed by atoms with E-state index in [1.165, 1.54) is 18.2 Å². The van der Waals surface area contributed by atoms with Gasteiger partial charge in [0.05, 0.1) is 7.11 Å². The lowest BCUT2D eigenvalue weighted by Crippen LogP contribution is -2.25. The minimum atomic E-state index is -0.386. The minimum Gasteiger partial charge on any atom is -0.453 e. The Kier molecular flexibility index (Phi) is 4.62. The van der Waals surface area contributed by atoms with Crippen molar-refractivity contribution < 1.29 is 9.53 Å². The van der Waals surface area contributed by atoms with Gasteiger partial charge in [0.1, 0.15) is 0 Å². The molecule has 1 aromatic carbocycles. The van der Waals surface area contributed by atoms with Crippen molar-refractivity contribution >= 4 is 22.0 Å². The summed E-state index contributed by atoms with van der Waals surface area (Å²) in [5.74, 6) is 0. The molecule has 15 heavy (non-hydrogen) atoms. The summed E-state index contributed by atoms with van der Waals surface area (Å²) in [4.78, 5) is 10.8. The minimum absolute atomic E-state index is 0.386. The Balaban J connectivity index is 2.50. The van der Waals surface area contributed by atoms with Gasteiger partial charge in [0, 0.05) is 11.0 Å². The zero-order chi connectivity index (χ0) is 11.3. The second-order valence-electron chi connectivity index (χ2n) is 3.24. The molecule has 0 unspecified atom stereocenters.